The SMILES string of the molecule is NCC1=CC1. The first-order valence-corrected chi connectivity index (χ1v) is 1.81. The van der Waals surface area contributed by atoms with E-state index in [0.29, 0.717) is 0 Å². The number of hydrogen-bond donors (Lipinski definition) is 1. The van der Waals surface area contributed by atoms with Crippen LogP contribution in [0.1, 0.15) is 6.42 Å². The maximum Gasteiger partial charge on any atom is 0.0140 e. The number of hydrogen-bond acceptors (Lipinski definition) is 1. The molecule has 1 rings (SSSR count). The van der Waals surface area contributed by atoms with E-state index in [1.165, 1.54) is 12.0 Å². The monoisotopic (exact) mass is 69.1 g/mol. The molecule has 0 aliphatic heterocycles. The van der Waals surface area contributed by atoms with Crippen molar-refractivity contribution in [3.8, 4) is 0 Å². The highest BCUT2D eigenvalue weighted by Gasteiger charge is 2.00. The van der Waals surface area contributed by atoms with Crippen molar-refractivity contribution in [2.24, 2.45) is 5.73 Å². The molecular weight excluding hydrogens is 62.1 g/mol. The minimum atomic E-state index is 0.778. The van der Waals surface area contributed by atoms with Gasteiger partial charge in [0.25, 0.3) is 0 Å². The van der Waals surface area contributed by atoms with Crippen molar-refractivity contribution in [3.05, 3.63) is 11.6 Å². The summed E-state index contributed by atoms with van der Waals surface area (Å²) in [6.07, 6.45) is 3.32. The first kappa shape index (κ1) is 2.91. The highest BCUT2D eigenvalue weighted by Crippen LogP contribution is 2.14. The van der Waals surface area contributed by atoms with Crippen molar-refractivity contribution in [1.82, 2.24) is 0 Å². The van der Waals surface area contributed by atoms with Gasteiger partial charge in [0.2, 0.25) is 0 Å². The molecular formula is C4H7N. The van der Waals surface area contributed by atoms with Crippen molar-refractivity contribution in [2.45, 2.75) is 6.42 Å². The first-order chi connectivity index (χ1) is 2.43. The molecule has 0 heterocycles. The summed E-state index contributed by atoms with van der Waals surface area (Å²) in [5.41, 5.74) is 6.57. The van der Waals surface area contributed by atoms with Crippen molar-refractivity contribution in [1.29, 1.82) is 0 Å². The van der Waals surface area contributed by atoms with Gasteiger partial charge in [0.05, 0.1) is 0 Å². The number of rotatable bonds is 1. The van der Waals surface area contributed by atoms with Gasteiger partial charge in [0.15, 0.2) is 0 Å². The van der Waals surface area contributed by atoms with Crippen molar-refractivity contribution >= 4 is 0 Å². The van der Waals surface area contributed by atoms with Gasteiger partial charge in [-0.15, -0.1) is 0 Å². The van der Waals surface area contributed by atoms with E-state index in [1.807, 2.05) is 0 Å². The summed E-state index contributed by atoms with van der Waals surface area (Å²) < 4.78 is 0. The molecule has 0 fully saturated rings. The smallest absolute Gasteiger partial charge is 0.0140 e. The molecule has 5 heavy (non-hydrogen) atoms. The molecule has 1 aliphatic carbocycles. The van der Waals surface area contributed by atoms with Crippen LogP contribution in [0, 0.1) is 0 Å². The van der Waals surface area contributed by atoms with Gasteiger partial charge in [-0.2, -0.15) is 0 Å². The lowest BCUT2D eigenvalue weighted by molar-refractivity contribution is 1.19. The van der Waals surface area contributed by atoms with Crippen LogP contribution in [0.5, 0.6) is 0 Å². The van der Waals surface area contributed by atoms with Gasteiger partial charge in [0.1, 0.15) is 0 Å². The molecule has 28 valence electrons. The molecule has 0 saturated heterocycles. The lowest BCUT2D eigenvalue weighted by Gasteiger charge is -1.69. The Kier molecular flexibility index (Phi) is 0.484. The third kappa shape index (κ3) is 0.484. The Morgan fingerprint density at radius 2 is 2.60 bits per heavy atom. The van der Waals surface area contributed by atoms with Crippen molar-refractivity contribution in [2.75, 3.05) is 6.54 Å². The van der Waals surface area contributed by atoms with E-state index in [-0.39, 0.29) is 0 Å². The van der Waals surface area contributed by atoms with Gasteiger partial charge in [0, 0.05) is 6.54 Å². The maximum absolute atomic E-state index is 5.17. The quantitative estimate of drug-likeness (QED) is 0.439. The highest BCUT2D eigenvalue weighted by molar-refractivity contribution is 5.22. The molecule has 1 heteroatoms. The first-order valence-electron chi connectivity index (χ1n) is 1.81. The third-order valence-corrected chi connectivity index (χ3v) is 0.755. The molecule has 0 atom stereocenters. The average Bonchev–Trinajstić information content (AvgIpc) is 2.12. The van der Waals surface area contributed by atoms with Gasteiger partial charge in [-0.3, -0.25) is 0 Å². The van der Waals surface area contributed by atoms with Crippen LogP contribution in [0.25, 0.3) is 0 Å². The fraction of sp³-hybridized carbons (Fsp3) is 0.500. The van der Waals surface area contributed by atoms with E-state index < -0.39 is 0 Å². The van der Waals surface area contributed by atoms with Crippen LogP contribution in [0.2, 0.25) is 0 Å². The van der Waals surface area contributed by atoms with Gasteiger partial charge in [-0.1, -0.05) is 11.6 Å². The summed E-state index contributed by atoms with van der Waals surface area (Å²) >= 11 is 0. The number of allylic oxidation sites excluding steroid dienone is 1. The maximum atomic E-state index is 5.17. The van der Waals surface area contributed by atoms with E-state index in [1.54, 1.807) is 0 Å². The Balaban J connectivity index is 2.22. The standard InChI is InChI=1S/C4H7N/c5-3-4-1-2-4/h1H,2-3,5H2. The van der Waals surface area contributed by atoms with E-state index in [9.17, 15) is 0 Å². The second-order valence-corrected chi connectivity index (χ2v) is 1.27. The van der Waals surface area contributed by atoms with E-state index in [0.717, 1.165) is 6.54 Å². The summed E-state index contributed by atoms with van der Waals surface area (Å²) in [4.78, 5) is 0. The lowest BCUT2D eigenvalue weighted by atomic mass is 10.5. The molecule has 0 bridgehead atoms. The molecule has 0 aromatic heterocycles. The van der Waals surface area contributed by atoms with Gasteiger partial charge >= 0.3 is 0 Å². The Morgan fingerprint density at radius 3 is 2.60 bits per heavy atom. The molecule has 0 saturated carbocycles. The number of nitrogens with two attached hydrogens (primary N) is 1. The van der Waals surface area contributed by atoms with Crippen LogP contribution in [0.4, 0.5) is 0 Å². The highest BCUT2D eigenvalue weighted by atomic mass is 14.5. The van der Waals surface area contributed by atoms with Crippen LogP contribution >= 0.6 is 0 Å². The molecule has 0 amide bonds. The summed E-state index contributed by atoms with van der Waals surface area (Å²) in [5.74, 6) is 0. The Labute approximate surface area is 31.5 Å². The second kappa shape index (κ2) is 0.830. The predicted octanol–water partition coefficient (Wildman–Crippen LogP) is 0.275. The third-order valence-electron chi connectivity index (χ3n) is 0.755. The lowest BCUT2D eigenvalue weighted by Crippen LogP contribution is -1.93. The van der Waals surface area contributed by atoms with Gasteiger partial charge < -0.3 is 5.73 Å². The summed E-state index contributed by atoms with van der Waals surface area (Å²) in [6.45, 7) is 0.778. The Bertz CT molecular complexity index is 64.0. The minimum absolute atomic E-state index is 0.778. The molecule has 2 N–H and O–H groups in total. The fourth-order valence-electron chi connectivity index (χ4n) is 0.239. The van der Waals surface area contributed by atoms with E-state index in [2.05, 4.69) is 6.08 Å². The zero-order valence-electron chi connectivity index (χ0n) is 3.07. The topological polar surface area (TPSA) is 26.0 Å². The predicted molar refractivity (Wildman–Crippen MR) is 21.8 cm³/mol. The Morgan fingerprint density at radius 1 is 2.00 bits per heavy atom. The molecule has 1 nitrogen and oxygen atoms in total. The normalized spacial score (nSPS) is 18.2. The van der Waals surface area contributed by atoms with Crippen LogP contribution in [-0.4, -0.2) is 6.54 Å². The van der Waals surface area contributed by atoms with Crippen molar-refractivity contribution in [3.63, 3.8) is 0 Å². The van der Waals surface area contributed by atoms with Crippen LogP contribution < -0.4 is 5.73 Å². The molecule has 0 radical (unpaired) electrons. The molecule has 0 unspecified atom stereocenters. The average molecular weight is 69.1 g/mol. The zero-order valence-corrected chi connectivity index (χ0v) is 3.07. The van der Waals surface area contributed by atoms with Crippen LogP contribution in [-0.2, 0) is 0 Å². The largest absolute Gasteiger partial charge is 0.327 e. The minimum Gasteiger partial charge on any atom is -0.327 e. The molecule has 0 aromatic rings. The van der Waals surface area contributed by atoms with Crippen molar-refractivity contribution < 1.29 is 0 Å². The second-order valence-electron chi connectivity index (χ2n) is 1.27. The van der Waals surface area contributed by atoms with Crippen LogP contribution in [0.3, 0.4) is 0 Å². The zero-order chi connectivity index (χ0) is 3.70. The van der Waals surface area contributed by atoms with E-state index in [4.69, 9.17) is 5.73 Å². The van der Waals surface area contributed by atoms with Gasteiger partial charge in [-0.25, -0.2) is 0 Å². The fourth-order valence-corrected chi connectivity index (χ4v) is 0.239. The molecule has 0 aromatic carbocycles. The Hall–Kier alpha value is -0.300. The summed E-state index contributed by atoms with van der Waals surface area (Å²) in [5, 5.41) is 0. The molecule has 1 aliphatic rings. The summed E-state index contributed by atoms with van der Waals surface area (Å²) in [6, 6.07) is 0. The summed E-state index contributed by atoms with van der Waals surface area (Å²) in [7, 11) is 0. The van der Waals surface area contributed by atoms with E-state index >= 15 is 0 Å². The van der Waals surface area contributed by atoms with Crippen LogP contribution in [0.15, 0.2) is 11.6 Å². The molecule has 0 spiro atoms. The van der Waals surface area contributed by atoms with Gasteiger partial charge in [-0.05, 0) is 6.42 Å².